The standard InChI is InChI=1S/C12H16O3/c1-2-4-9-7-8-5-3-6-10(13)11(8)12(14)15-9/h2,8-9,13H,1,3-7H2/t8-,9+/m0/s1. The molecule has 2 aliphatic rings. The van der Waals surface area contributed by atoms with Gasteiger partial charge in [-0.2, -0.15) is 0 Å². The van der Waals surface area contributed by atoms with Crippen LogP contribution in [-0.2, 0) is 9.53 Å². The third-order valence-electron chi connectivity index (χ3n) is 3.16. The molecule has 1 heterocycles. The minimum atomic E-state index is -0.324. The number of aliphatic hydroxyl groups is 1. The molecule has 0 saturated carbocycles. The molecule has 0 aromatic rings. The Morgan fingerprint density at radius 2 is 2.40 bits per heavy atom. The molecule has 1 saturated heterocycles. The largest absolute Gasteiger partial charge is 0.512 e. The van der Waals surface area contributed by atoms with Crippen LogP contribution in [0.3, 0.4) is 0 Å². The van der Waals surface area contributed by atoms with Crippen molar-refractivity contribution in [3.63, 3.8) is 0 Å². The van der Waals surface area contributed by atoms with Gasteiger partial charge in [-0.25, -0.2) is 4.79 Å². The van der Waals surface area contributed by atoms with Gasteiger partial charge in [-0.3, -0.25) is 0 Å². The summed E-state index contributed by atoms with van der Waals surface area (Å²) in [7, 11) is 0. The van der Waals surface area contributed by atoms with Crippen molar-refractivity contribution in [2.45, 2.75) is 38.2 Å². The number of hydrogen-bond acceptors (Lipinski definition) is 3. The van der Waals surface area contributed by atoms with Crippen molar-refractivity contribution in [2.24, 2.45) is 5.92 Å². The molecule has 2 atom stereocenters. The minimum Gasteiger partial charge on any atom is -0.512 e. The van der Waals surface area contributed by atoms with Crippen molar-refractivity contribution in [2.75, 3.05) is 0 Å². The van der Waals surface area contributed by atoms with Gasteiger partial charge in [-0.15, -0.1) is 6.58 Å². The zero-order valence-electron chi connectivity index (χ0n) is 8.74. The summed E-state index contributed by atoms with van der Waals surface area (Å²) in [5.41, 5.74) is 0.529. The third kappa shape index (κ3) is 1.91. The molecule has 0 bridgehead atoms. The van der Waals surface area contributed by atoms with Crippen molar-refractivity contribution in [1.29, 1.82) is 0 Å². The fourth-order valence-corrected chi connectivity index (χ4v) is 2.46. The van der Waals surface area contributed by atoms with Gasteiger partial charge in [0, 0.05) is 12.8 Å². The predicted molar refractivity (Wildman–Crippen MR) is 56.3 cm³/mol. The normalized spacial score (nSPS) is 30.8. The van der Waals surface area contributed by atoms with Crippen molar-refractivity contribution >= 4 is 5.97 Å². The first kappa shape index (κ1) is 10.3. The number of aliphatic hydroxyl groups excluding tert-OH is 1. The fourth-order valence-electron chi connectivity index (χ4n) is 2.46. The summed E-state index contributed by atoms with van der Waals surface area (Å²) in [5.74, 6) is 0.119. The lowest BCUT2D eigenvalue weighted by molar-refractivity contribution is -0.150. The zero-order valence-corrected chi connectivity index (χ0v) is 8.74. The lowest BCUT2D eigenvalue weighted by Gasteiger charge is -2.33. The highest BCUT2D eigenvalue weighted by Gasteiger charge is 2.36. The molecule has 0 aromatic carbocycles. The van der Waals surface area contributed by atoms with E-state index < -0.39 is 0 Å². The first-order valence-corrected chi connectivity index (χ1v) is 5.46. The molecule has 0 unspecified atom stereocenters. The third-order valence-corrected chi connectivity index (χ3v) is 3.16. The summed E-state index contributed by atoms with van der Waals surface area (Å²) < 4.78 is 5.24. The van der Waals surface area contributed by atoms with Crippen LogP contribution in [-0.4, -0.2) is 17.2 Å². The van der Waals surface area contributed by atoms with Gasteiger partial charge in [0.15, 0.2) is 0 Å². The first-order chi connectivity index (χ1) is 7.22. The summed E-state index contributed by atoms with van der Waals surface area (Å²) in [4.78, 5) is 11.6. The van der Waals surface area contributed by atoms with Crippen LogP contribution in [0.1, 0.15) is 32.1 Å². The van der Waals surface area contributed by atoms with E-state index in [2.05, 4.69) is 6.58 Å². The van der Waals surface area contributed by atoms with Crippen LogP contribution in [0.15, 0.2) is 24.0 Å². The predicted octanol–water partition coefficient (Wildman–Crippen LogP) is 2.49. The maximum atomic E-state index is 11.6. The number of esters is 1. The summed E-state index contributed by atoms with van der Waals surface area (Å²) >= 11 is 0. The minimum absolute atomic E-state index is 0.0466. The Morgan fingerprint density at radius 3 is 3.13 bits per heavy atom. The fraction of sp³-hybridized carbons (Fsp3) is 0.583. The number of allylic oxidation sites excluding steroid dienone is 1. The molecule has 2 rings (SSSR count). The molecular formula is C12H16O3. The van der Waals surface area contributed by atoms with E-state index in [1.54, 1.807) is 6.08 Å². The summed E-state index contributed by atoms with van der Waals surface area (Å²) in [5, 5.41) is 9.65. The van der Waals surface area contributed by atoms with E-state index in [0.29, 0.717) is 18.4 Å². The van der Waals surface area contributed by atoms with Gasteiger partial charge in [0.2, 0.25) is 0 Å². The number of ether oxygens (including phenoxy) is 1. The van der Waals surface area contributed by atoms with E-state index in [0.717, 1.165) is 19.3 Å². The van der Waals surface area contributed by atoms with E-state index in [9.17, 15) is 9.90 Å². The zero-order chi connectivity index (χ0) is 10.8. The first-order valence-electron chi connectivity index (χ1n) is 5.46. The van der Waals surface area contributed by atoms with Crippen molar-refractivity contribution in [3.05, 3.63) is 24.0 Å². The van der Waals surface area contributed by atoms with Gasteiger partial charge in [-0.05, 0) is 25.2 Å². The lowest BCUT2D eigenvalue weighted by Crippen LogP contribution is -2.34. The molecule has 15 heavy (non-hydrogen) atoms. The molecule has 3 nitrogen and oxygen atoms in total. The van der Waals surface area contributed by atoms with E-state index in [-0.39, 0.29) is 23.8 Å². The second kappa shape index (κ2) is 4.09. The molecule has 82 valence electrons. The molecule has 1 aliphatic heterocycles. The molecule has 1 fully saturated rings. The average molecular weight is 208 g/mol. The number of carbonyl (C=O) groups excluding carboxylic acids is 1. The van der Waals surface area contributed by atoms with Gasteiger partial charge < -0.3 is 9.84 Å². The van der Waals surface area contributed by atoms with Crippen LogP contribution in [0.4, 0.5) is 0 Å². The van der Waals surface area contributed by atoms with Gasteiger partial charge in [0.1, 0.15) is 11.9 Å². The quantitative estimate of drug-likeness (QED) is 0.560. The maximum Gasteiger partial charge on any atom is 0.337 e. The van der Waals surface area contributed by atoms with Crippen LogP contribution in [0, 0.1) is 5.92 Å². The number of cyclic esters (lactones) is 1. The molecular weight excluding hydrogens is 192 g/mol. The number of fused-ring (bicyclic) bond motifs is 1. The summed E-state index contributed by atoms with van der Waals surface area (Å²) in [6.07, 6.45) is 5.83. The van der Waals surface area contributed by atoms with Crippen molar-refractivity contribution in [1.82, 2.24) is 0 Å². The van der Waals surface area contributed by atoms with E-state index in [1.165, 1.54) is 0 Å². The highest BCUT2D eigenvalue weighted by atomic mass is 16.5. The van der Waals surface area contributed by atoms with Crippen molar-refractivity contribution < 1.29 is 14.6 Å². The lowest BCUT2D eigenvalue weighted by atomic mass is 9.80. The second-order valence-electron chi connectivity index (χ2n) is 4.24. The molecule has 0 radical (unpaired) electrons. The van der Waals surface area contributed by atoms with E-state index in [4.69, 9.17) is 4.74 Å². The smallest absolute Gasteiger partial charge is 0.337 e. The van der Waals surface area contributed by atoms with Crippen LogP contribution in [0.5, 0.6) is 0 Å². The Bertz CT molecular complexity index is 317. The van der Waals surface area contributed by atoms with Crippen LogP contribution < -0.4 is 0 Å². The second-order valence-corrected chi connectivity index (χ2v) is 4.24. The van der Waals surface area contributed by atoms with Crippen LogP contribution in [0.2, 0.25) is 0 Å². The molecule has 3 heteroatoms. The van der Waals surface area contributed by atoms with Gasteiger partial charge in [-0.1, -0.05) is 6.08 Å². The topological polar surface area (TPSA) is 46.5 Å². The Hall–Kier alpha value is -1.25. The highest BCUT2D eigenvalue weighted by molar-refractivity contribution is 5.90. The van der Waals surface area contributed by atoms with Crippen molar-refractivity contribution in [3.8, 4) is 0 Å². The van der Waals surface area contributed by atoms with E-state index >= 15 is 0 Å². The molecule has 1 aliphatic carbocycles. The Balaban J connectivity index is 2.18. The Morgan fingerprint density at radius 1 is 1.60 bits per heavy atom. The van der Waals surface area contributed by atoms with Gasteiger partial charge >= 0.3 is 5.97 Å². The average Bonchev–Trinajstić information content (AvgIpc) is 2.17. The summed E-state index contributed by atoms with van der Waals surface area (Å²) in [6.45, 7) is 3.65. The SMILES string of the molecule is C=CC[C@@H]1C[C@@H]2CCCC(O)=C2C(=O)O1. The number of hydrogen-bond donors (Lipinski definition) is 1. The maximum absolute atomic E-state index is 11.6. The Labute approximate surface area is 89.4 Å². The highest BCUT2D eigenvalue weighted by Crippen LogP contribution is 2.37. The number of carbonyl (C=O) groups is 1. The molecule has 0 amide bonds. The molecule has 0 spiro atoms. The van der Waals surface area contributed by atoms with Gasteiger partial charge in [0.25, 0.3) is 0 Å². The molecule has 1 N–H and O–H groups in total. The molecule has 0 aromatic heterocycles. The van der Waals surface area contributed by atoms with Gasteiger partial charge in [0.05, 0.1) is 5.57 Å². The Kier molecular flexibility index (Phi) is 2.80. The monoisotopic (exact) mass is 208 g/mol. The number of rotatable bonds is 2. The van der Waals surface area contributed by atoms with Crippen LogP contribution in [0.25, 0.3) is 0 Å². The van der Waals surface area contributed by atoms with E-state index in [1.807, 2.05) is 0 Å². The van der Waals surface area contributed by atoms with Crippen LogP contribution >= 0.6 is 0 Å². The summed E-state index contributed by atoms with van der Waals surface area (Å²) in [6, 6.07) is 0.